The number of aryl methyl sites for hydroxylation is 1. The van der Waals surface area contributed by atoms with Crippen molar-refractivity contribution in [3.63, 3.8) is 0 Å². The maximum Gasteiger partial charge on any atom is 0.215 e. The number of nitrogens with one attached hydrogen (secondary N) is 1. The number of halogens is 2. The Morgan fingerprint density at radius 2 is 1.80 bits per heavy atom. The summed E-state index contributed by atoms with van der Waals surface area (Å²) in [5, 5.41) is 10.3. The minimum absolute atomic E-state index is 0.209. The van der Waals surface area contributed by atoms with Gasteiger partial charge in [0.1, 0.15) is 11.6 Å². The van der Waals surface area contributed by atoms with Crippen LogP contribution in [0.3, 0.4) is 0 Å². The molecule has 0 spiro atoms. The minimum atomic E-state index is -3.91. The van der Waals surface area contributed by atoms with E-state index >= 15 is 0 Å². The largest absolute Gasteiger partial charge is 0.389 e. The average molecular weight is 369 g/mol. The predicted octanol–water partition coefficient (Wildman–Crippen LogP) is 2.77. The third-order valence-electron chi connectivity index (χ3n) is 3.82. The molecular weight excluding hydrogens is 348 g/mol. The van der Waals surface area contributed by atoms with E-state index < -0.39 is 33.0 Å². The van der Waals surface area contributed by atoms with Crippen molar-refractivity contribution in [2.45, 2.75) is 31.1 Å². The summed E-state index contributed by atoms with van der Waals surface area (Å²) in [4.78, 5) is 0. The van der Waals surface area contributed by atoms with E-state index in [1.807, 2.05) is 30.3 Å². The van der Waals surface area contributed by atoms with Crippen LogP contribution in [0.5, 0.6) is 0 Å². The van der Waals surface area contributed by atoms with Gasteiger partial charge in [-0.05, 0) is 43.5 Å². The van der Waals surface area contributed by atoms with Gasteiger partial charge in [0.05, 0.1) is 11.4 Å². The number of aliphatic hydroxyl groups is 1. The van der Waals surface area contributed by atoms with Crippen molar-refractivity contribution >= 4 is 10.0 Å². The predicted molar refractivity (Wildman–Crippen MR) is 92.4 cm³/mol. The van der Waals surface area contributed by atoms with Crippen LogP contribution in [-0.2, 0) is 22.2 Å². The second kappa shape index (κ2) is 8.03. The Labute approximate surface area is 146 Å². The summed E-state index contributed by atoms with van der Waals surface area (Å²) in [5.41, 5.74) is -0.479. The Balaban J connectivity index is 1.92. The standard InChI is InChI=1S/C18H21F2NO3S/c1-18(22,10-9-14-5-3-2-4-6-14)13-21-25(23,24)12-15-11-16(19)7-8-17(15)20/h2-8,11,21-22H,9-10,12-13H2,1H3/t18-/m1/s1. The maximum absolute atomic E-state index is 13.6. The van der Waals surface area contributed by atoms with Crippen LogP contribution in [0.2, 0.25) is 0 Å². The highest BCUT2D eigenvalue weighted by atomic mass is 32.2. The van der Waals surface area contributed by atoms with Gasteiger partial charge in [0, 0.05) is 12.1 Å². The lowest BCUT2D eigenvalue weighted by atomic mass is 9.97. The first kappa shape index (κ1) is 19.5. The maximum atomic E-state index is 13.6. The summed E-state index contributed by atoms with van der Waals surface area (Å²) in [5.74, 6) is -2.19. The molecular formula is C18H21F2NO3S. The van der Waals surface area contributed by atoms with Gasteiger partial charge in [0.25, 0.3) is 0 Å². The zero-order valence-electron chi connectivity index (χ0n) is 13.9. The van der Waals surface area contributed by atoms with Gasteiger partial charge in [-0.25, -0.2) is 21.9 Å². The Morgan fingerprint density at radius 1 is 1.12 bits per heavy atom. The molecule has 0 unspecified atom stereocenters. The van der Waals surface area contributed by atoms with Crippen LogP contribution in [0.1, 0.15) is 24.5 Å². The minimum Gasteiger partial charge on any atom is -0.389 e. The van der Waals surface area contributed by atoms with Crippen LogP contribution < -0.4 is 4.72 Å². The normalized spacial score (nSPS) is 14.2. The number of benzene rings is 2. The molecule has 7 heteroatoms. The fourth-order valence-electron chi connectivity index (χ4n) is 2.32. The smallest absolute Gasteiger partial charge is 0.215 e. The highest BCUT2D eigenvalue weighted by molar-refractivity contribution is 7.88. The monoisotopic (exact) mass is 369 g/mol. The molecule has 0 aliphatic heterocycles. The van der Waals surface area contributed by atoms with Crippen molar-refractivity contribution in [1.29, 1.82) is 0 Å². The second-order valence-electron chi connectivity index (χ2n) is 6.30. The lowest BCUT2D eigenvalue weighted by Crippen LogP contribution is -2.41. The summed E-state index contributed by atoms with van der Waals surface area (Å²) < 4.78 is 53.1. The van der Waals surface area contributed by atoms with Crippen LogP contribution >= 0.6 is 0 Å². The molecule has 2 rings (SSSR count). The van der Waals surface area contributed by atoms with Gasteiger partial charge in [-0.3, -0.25) is 0 Å². The molecule has 0 fully saturated rings. The Bertz CT molecular complexity index is 808. The molecule has 136 valence electrons. The van der Waals surface area contributed by atoms with E-state index in [9.17, 15) is 22.3 Å². The van der Waals surface area contributed by atoms with Gasteiger partial charge < -0.3 is 5.11 Å². The molecule has 2 aromatic carbocycles. The first-order valence-corrected chi connectivity index (χ1v) is 9.50. The lowest BCUT2D eigenvalue weighted by molar-refractivity contribution is 0.0565. The number of sulfonamides is 1. The van der Waals surface area contributed by atoms with Crippen molar-refractivity contribution in [3.8, 4) is 0 Å². The Morgan fingerprint density at radius 3 is 2.48 bits per heavy atom. The molecule has 0 saturated carbocycles. The molecule has 4 nitrogen and oxygen atoms in total. The van der Waals surface area contributed by atoms with Gasteiger partial charge in [0.15, 0.2) is 0 Å². The van der Waals surface area contributed by atoms with Gasteiger partial charge in [-0.1, -0.05) is 30.3 Å². The number of rotatable bonds is 8. The fourth-order valence-corrected chi connectivity index (χ4v) is 3.59. The van der Waals surface area contributed by atoms with Crippen LogP contribution in [-0.4, -0.2) is 25.7 Å². The highest BCUT2D eigenvalue weighted by Gasteiger charge is 2.24. The van der Waals surface area contributed by atoms with E-state index in [0.29, 0.717) is 12.8 Å². The first-order chi connectivity index (χ1) is 11.7. The van der Waals surface area contributed by atoms with E-state index in [-0.39, 0.29) is 12.1 Å². The molecule has 0 bridgehead atoms. The van der Waals surface area contributed by atoms with Crippen molar-refractivity contribution in [2.24, 2.45) is 0 Å². The number of hydrogen-bond acceptors (Lipinski definition) is 3. The SMILES string of the molecule is C[C@@](O)(CCc1ccccc1)CNS(=O)(=O)Cc1cc(F)ccc1F. The molecule has 0 aliphatic rings. The highest BCUT2D eigenvalue weighted by Crippen LogP contribution is 2.16. The van der Waals surface area contributed by atoms with E-state index in [2.05, 4.69) is 4.72 Å². The molecule has 0 aliphatic carbocycles. The lowest BCUT2D eigenvalue weighted by Gasteiger charge is -2.23. The first-order valence-electron chi connectivity index (χ1n) is 7.84. The Hall–Kier alpha value is -1.83. The van der Waals surface area contributed by atoms with E-state index in [0.717, 1.165) is 23.8 Å². The van der Waals surface area contributed by atoms with Crippen molar-refractivity contribution < 1.29 is 22.3 Å². The van der Waals surface area contributed by atoms with E-state index in [1.54, 1.807) is 0 Å². The van der Waals surface area contributed by atoms with E-state index in [1.165, 1.54) is 6.92 Å². The summed E-state index contributed by atoms with van der Waals surface area (Å²) in [6.45, 7) is 1.32. The average Bonchev–Trinajstić information content (AvgIpc) is 2.56. The van der Waals surface area contributed by atoms with Crippen LogP contribution in [0.25, 0.3) is 0 Å². The van der Waals surface area contributed by atoms with Crippen molar-refractivity contribution in [2.75, 3.05) is 6.54 Å². The third-order valence-corrected chi connectivity index (χ3v) is 5.10. The Kier molecular flexibility index (Phi) is 6.26. The third kappa shape index (κ3) is 6.53. The van der Waals surface area contributed by atoms with Gasteiger partial charge in [-0.2, -0.15) is 0 Å². The summed E-state index contributed by atoms with van der Waals surface area (Å²) in [6, 6.07) is 12.2. The zero-order valence-corrected chi connectivity index (χ0v) is 14.7. The molecule has 0 saturated heterocycles. The molecule has 0 radical (unpaired) electrons. The van der Waals surface area contributed by atoms with Crippen molar-refractivity contribution in [1.82, 2.24) is 4.72 Å². The van der Waals surface area contributed by atoms with Crippen molar-refractivity contribution in [3.05, 3.63) is 71.3 Å². The molecule has 1 atom stereocenters. The zero-order chi connectivity index (χ0) is 18.5. The molecule has 25 heavy (non-hydrogen) atoms. The summed E-state index contributed by atoms with van der Waals surface area (Å²) in [7, 11) is -3.91. The van der Waals surface area contributed by atoms with Gasteiger partial charge in [-0.15, -0.1) is 0 Å². The second-order valence-corrected chi connectivity index (χ2v) is 8.11. The molecule has 0 heterocycles. The number of hydrogen-bond donors (Lipinski definition) is 2. The van der Waals surface area contributed by atoms with Crippen LogP contribution in [0.4, 0.5) is 8.78 Å². The molecule has 0 amide bonds. The summed E-state index contributed by atoms with van der Waals surface area (Å²) in [6.07, 6.45) is 0.946. The topological polar surface area (TPSA) is 66.4 Å². The summed E-state index contributed by atoms with van der Waals surface area (Å²) >= 11 is 0. The quantitative estimate of drug-likeness (QED) is 0.752. The van der Waals surface area contributed by atoms with Crippen LogP contribution in [0.15, 0.2) is 48.5 Å². The molecule has 2 aromatic rings. The van der Waals surface area contributed by atoms with E-state index in [4.69, 9.17) is 0 Å². The fraction of sp³-hybridized carbons (Fsp3) is 0.333. The van der Waals surface area contributed by atoms with Crippen LogP contribution in [0, 0.1) is 11.6 Å². The van der Waals surface area contributed by atoms with Gasteiger partial charge in [0.2, 0.25) is 10.0 Å². The molecule has 0 aromatic heterocycles. The van der Waals surface area contributed by atoms with Gasteiger partial charge >= 0.3 is 0 Å². The molecule has 2 N–H and O–H groups in total.